The number of hydrogen-bond acceptors (Lipinski definition) is 5. The van der Waals surface area contributed by atoms with Gasteiger partial charge in [-0.2, -0.15) is 5.10 Å². The van der Waals surface area contributed by atoms with Crippen LogP contribution in [-0.2, 0) is 0 Å². The molecule has 2 aromatic carbocycles. The number of aromatic amines is 1. The van der Waals surface area contributed by atoms with Gasteiger partial charge in [0.05, 0.1) is 16.6 Å². The summed E-state index contributed by atoms with van der Waals surface area (Å²) in [6.07, 6.45) is 1.26. The molecule has 0 unspecified atom stereocenters. The van der Waals surface area contributed by atoms with Gasteiger partial charge in [0.1, 0.15) is 23.8 Å². The van der Waals surface area contributed by atoms with E-state index < -0.39 is 17.4 Å². The highest BCUT2D eigenvalue weighted by atomic mass is 19.1. The predicted octanol–water partition coefficient (Wildman–Crippen LogP) is 3.11. The highest BCUT2D eigenvalue weighted by molar-refractivity contribution is 6.09. The van der Waals surface area contributed by atoms with Crippen LogP contribution in [0.25, 0.3) is 22.3 Å². The predicted molar refractivity (Wildman–Crippen MR) is 91.3 cm³/mol. The zero-order valence-corrected chi connectivity index (χ0v) is 13.2. The van der Waals surface area contributed by atoms with E-state index in [1.54, 1.807) is 6.07 Å². The monoisotopic (exact) mass is 351 g/mol. The largest absolute Gasteiger partial charge is 0.383 e. The van der Waals surface area contributed by atoms with E-state index in [1.165, 1.54) is 36.7 Å². The van der Waals surface area contributed by atoms with Crippen LogP contribution in [0.1, 0.15) is 15.9 Å². The van der Waals surface area contributed by atoms with Gasteiger partial charge in [-0.25, -0.2) is 18.7 Å². The fraction of sp³-hybridized carbons (Fsp3) is 0. The van der Waals surface area contributed by atoms with Crippen molar-refractivity contribution >= 4 is 22.6 Å². The number of nitrogens with one attached hydrogen (secondary N) is 1. The van der Waals surface area contributed by atoms with Gasteiger partial charge in [0, 0.05) is 11.1 Å². The molecule has 0 spiro atoms. The Bertz CT molecular complexity index is 1160. The minimum absolute atomic E-state index is 0.0318. The smallest absolute Gasteiger partial charge is 0.196 e. The van der Waals surface area contributed by atoms with Crippen molar-refractivity contribution in [1.82, 2.24) is 20.2 Å². The van der Waals surface area contributed by atoms with Crippen LogP contribution in [0.15, 0.2) is 48.8 Å². The highest BCUT2D eigenvalue weighted by Gasteiger charge is 2.19. The van der Waals surface area contributed by atoms with Gasteiger partial charge >= 0.3 is 0 Å². The molecule has 0 atom stereocenters. The zero-order chi connectivity index (χ0) is 18.3. The molecule has 0 aliphatic carbocycles. The number of benzene rings is 2. The lowest BCUT2D eigenvalue weighted by Gasteiger charge is -2.06. The van der Waals surface area contributed by atoms with Crippen LogP contribution >= 0.6 is 0 Å². The molecule has 0 saturated heterocycles. The van der Waals surface area contributed by atoms with Crippen molar-refractivity contribution < 1.29 is 13.6 Å². The molecular formula is C18H11F2N5O. The average Bonchev–Trinajstić information content (AvgIpc) is 3.07. The van der Waals surface area contributed by atoms with Crippen LogP contribution in [0.2, 0.25) is 0 Å². The van der Waals surface area contributed by atoms with Gasteiger partial charge in [0.15, 0.2) is 11.4 Å². The number of carbonyl (C=O) groups excluding carboxylic acids is 1. The molecule has 0 aliphatic heterocycles. The van der Waals surface area contributed by atoms with Crippen LogP contribution < -0.4 is 5.73 Å². The Hall–Kier alpha value is -3.68. The van der Waals surface area contributed by atoms with E-state index >= 15 is 0 Å². The molecule has 3 N–H and O–H groups in total. The number of aromatic nitrogens is 4. The van der Waals surface area contributed by atoms with Crippen LogP contribution in [0.3, 0.4) is 0 Å². The van der Waals surface area contributed by atoms with Crippen molar-refractivity contribution in [3.05, 3.63) is 71.6 Å². The number of halogens is 2. The fourth-order valence-electron chi connectivity index (χ4n) is 2.73. The Morgan fingerprint density at radius 2 is 1.85 bits per heavy atom. The highest BCUT2D eigenvalue weighted by Crippen LogP contribution is 2.31. The Labute approximate surface area is 145 Å². The van der Waals surface area contributed by atoms with E-state index in [0.717, 1.165) is 6.07 Å². The van der Waals surface area contributed by atoms with Crippen molar-refractivity contribution in [3.63, 3.8) is 0 Å². The van der Waals surface area contributed by atoms with Gasteiger partial charge in [-0.3, -0.25) is 9.89 Å². The Balaban J connectivity index is 1.79. The van der Waals surface area contributed by atoms with Gasteiger partial charge in [-0.15, -0.1) is 0 Å². The van der Waals surface area contributed by atoms with E-state index in [9.17, 15) is 13.6 Å². The quantitative estimate of drug-likeness (QED) is 0.553. The molecule has 0 radical (unpaired) electrons. The minimum atomic E-state index is -0.680. The maximum Gasteiger partial charge on any atom is 0.196 e. The fourth-order valence-corrected chi connectivity index (χ4v) is 2.73. The maximum absolute atomic E-state index is 14.7. The van der Waals surface area contributed by atoms with Gasteiger partial charge in [-0.05, 0) is 24.3 Å². The van der Waals surface area contributed by atoms with Crippen molar-refractivity contribution in [1.29, 1.82) is 0 Å². The summed E-state index contributed by atoms with van der Waals surface area (Å²) in [4.78, 5) is 20.3. The third kappa shape index (κ3) is 2.48. The Kier molecular flexibility index (Phi) is 3.65. The first kappa shape index (κ1) is 15.8. The molecule has 0 fully saturated rings. The number of nitrogens with two attached hydrogens (primary N) is 1. The Morgan fingerprint density at radius 1 is 1.04 bits per heavy atom. The van der Waals surface area contributed by atoms with Gasteiger partial charge in [0.25, 0.3) is 0 Å². The average molecular weight is 351 g/mol. The second kappa shape index (κ2) is 5.99. The lowest BCUT2D eigenvalue weighted by molar-refractivity contribution is 0.103. The summed E-state index contributed by atoms with van der Waals surface area (Å²) < 4.78 is 28.5. The number of fused-ring (bicyclic) bond motifs is 1. The number of anilines is 1. The first-order valence-corrected chi connectivity index (χ1v) is 7.60. The van der Waals surface area contributed by atoms with E-state index in [4.69, 9.17) is 5.73 Å². The molecule has 0 aliphatic rings. The third-order valence-electron chi connectivity index (χ3n) is 4.00. The van der Waals surface area contributed by atoms with Crippen molar-refractivity contribution in [3.8, 4) is 11.3 Å². The summed E-state index contributed by atoms with van der Waals surface area (Å²) >= 11 is 0. The summed E-state index contributed by atoms with van der Waals surface area (Å²) in [5, 5.41) is 7.05. The zero-order valence-electron chi connectivity index (χ0n) is 13.2. The van der Waals surface area contributed by atoms with Gasteiger partial charge in [0.2, 0.25) is 0 Å². The lowest BCUT2D eigenvalue weighted by atomic mass is 10.00. The molecule has 128 valence electrons. The number of H-pyrrole nitrogens is 1. The van der Waals surface area contributed by atoms with E-state index in [-0.39, 0.29) is 22.5 Å². The van der Waals surface area contributed by atoms with Gasteiger partial charge < -0.3 is 5.73 Å². The molecule has 0 bridgehead atoms. The Morgan fingerprint density at radius 3 is 2.62 bits per heavy atom. The maximum atomic E-state index is 14.7. The van der Waals surface area contributed by atoms with Crippen LogP contribution in [0, 0.1) is 11.6 Å². The van der Waals surface area contributed by atoms with Crippen molar-refractivity contribution in [2.45, 2.75) is 0 Å². The molecule has 26 heavy (non-hydrogen) atoms. The topological polar surface area (TPSA) is 97.5 Å². The minimum Gasteiger partial charge on any atom is -0.383 e. The molecular weight excluding hydrogens is 340 g/mol. The number of rotatable bonds is 3. The van der Waals surface area contributed by atoms with Crippen LogP contribution in [0.4, 0.5) is 14.6 Å². The second-order valence-corrected chi connectivity index (χ2v) is 5.56. The van der Waals surface area contributed by atoms with Crippen LogP contribution in [-0.4, -0.2) is 25.9 Å². The normalized spacial score (nSPS) is 11.0. The molecule has 0 amide bonds. The summed E-state index contributed by atoms with van der Waals surface area (Å²) in [5.74, 6) is -1.79. The summed E-state index contributed by atoms with van der Waals surface area (Å²) in [6, 6.07) is 9.42. The molecule has 4 aromatic rings. The number of ketones is 1. The number of hydrogen-bond donors (Lipinski definition) is 2. The first-order valence-electron chi connectivity index (χ1n) is 7.60. The standard InChI is InChI=1S/C18H11F2N5O/c19-12-4-2-1-3-11(12)16(26)9-5-6-10(13(20)7-9)15-14-17(21)22-8-23-18(14)25-24-15/h1-8H,(H3,21,22,23,24,25). The van der Waals surface area contributed by atoms with E-state index in [2.05, 4.69) is 20.2 Å². The van der Waals surface area contributed by atoms with Gasteiger partial charge in [-0.1, -0.05) is 18.2 Å². The number of nitrogens with zero attached hydrogens (tertiary/aromatic N) is 3. The molecule has 2 aromatic heterocycles. The summed E-state index contributed by atoms with van der Waals surface area (Å²) in [7, 11) is 0. The molecule has 4 rings (SSSR count). The summed E-state index contributed by atoms with van der Waals surface area (Å²) in [6.45, 7) is 0. The van der Waals surface area contributed by atoms with Crippen molar-refractivity contribution in [2.24, 2.45) is 0 Å². The van der Waals surface area contributed by atoms with E-state index in [1.807, 2.05) is 0 Å². The first-order chi connectivity index (χ1) is 12.6. The number of carbonyl (C=O) groups is 1. The molecule has 8 heteroatoms. The number of nitrogen functional groups attached to an aromatic ring is 1. The second-order valence-electron chi connectivity index (χ2n) is 5.56. The molecule has 2 heterocycles. The summed E-state index contributed by atoms with van der Waals surface area (Å²) in [5.41, 5.74) is 6.50. The third-order valence-corrected chi connectivity index (χ3v) is 4.00. The van der Waals surface area contributed by atoms with Crippen molar-refractivity contribution in [2.75, 3.05) is 5.73 Å². The van der Waals surface area contributed by atoms with E-state index in [0.29, 0.717) is 16.7 Å². The molecule has 6 nitrogen and oxygen atoms in total. The lowest BCUT2D eigenvalue weighted by Crippen LogP contribution is -2.05. The van der Waals surface area contributed by atoms with Crippen LogP contribution in [0.5, 0.6) is 0 Å². The molecule has 0 saturated carbocycles. The SMILES string of the molecule is Nc1ncnc2n[nH]c(-c3ccc(C(=O)c4ccccc4F)cc3F)c12.